The predicted molar refractivity (Wildman–Crippen MR) is 83.6 cm³/mol. The van der Waals surface area contributed by atoms with Gasteiger partial charge in [0.05, 0.1) is 12.8 Å². The molecule has 2 unspecified atom stereocenters. The Hall–Kier alpha value is -2.90. The lowest BCUT2D eigenvalue weighted by atomic mass is 10.1. The molecular weight excluding hydrogens is 316 g/mol. The number of anilines is 1. The molecule has 0 bridgehead atoms. The minimum atomic E-state index is -1.60. The Labute approximate surface area is 138 Å². The summed E-state index contributed by atoms with van der Waals surface area (Å²) < 4.78 is 9.92. The monoisotopic (exact) mass is 334 g/mol. The SMILES string of the molecule is COc1ccc(C)cc1NC(=O)C(C(C)=O)N1C(=O)OC(C)C1=O. The molecule has 8 heteroatoms. The summed E-state index contributed by atoms with van der Waals surface area (Å²) >= 11 is 0. The van der Waals surface area contributed by atoms with Crippen molar-refractivity contribution in [3.05, 3.63) is 23.8 Å². The second-order valence-electron chi connectivity index (χ2n) is 5.44. The van der Waals surface area contributed by atoms with Crippen LogP contribution in [0, 0.1) is 6.92 Å². The minimum Gasteiger partial charge on any atom is -0.495 e. The van der Waals surface area contributed by atoms with Gasteiger partial charge in [0, 0.05) is 0 Å². The Morgan fingerprint density at radius 3 is 2.50 bits per heavy atom. The van der Waals surface area contributed by atoms with E-state index in [9.17, 15) is 19.2 Å². The Morgan fingerprint density at radius 1 is 1.33 bits per heavy atom. The molecule has 0 radical (unpaired) electrons. The second-order valence-corrected chi connectivity index (χ2v) is 5.44. The summed E-state index contributed by atoms with van der Waals surface area (Å²) in [5.74, 6) is -1.81. The molecule has 0 saturated carbocycles. The number of rotatable bonds is 5. The van der Waals surface area contributed by atoms with Gasteiger partial charge in [-0.1, -0.05) is 6.07 Å². The van der Waals surface area contributed by atoms with Crippen LogP contribution in [0.15, 0.2) is 18.2 Å². The quantitative estimate of drug-likeness (QED) is 0.814. The van der Waals surface area contributed by atoms with E-state index in [0.717, 1.165) is 12.5 Å². The van der Waals surface area contributed by atoms with Gasteiger partial charge in [-0.3, -0.25) is 14.4 Å². The van der Waals surface area contributed by atoms with Gasteiger partial charge in [0.15, 0.2) is 17.9 Å². The number of amides is 3. The fraction of sp³-hybridized carbons (Fsp3) is 0.375. The largest absolute Gasteiger partial charge is 0.495 e. The molecule has 1 fully saturated rings. The number of benzene rings is 1. The summed E-state index contributed by atoms with van der Waals surface area (Å²) in [7, 11) is 1.44. The number of carbonyl (C=O) groups excluding carboxylic acids is 4. The minimum absolute atomic E-state index is 0.335. The molecule has 128 valence electrons. The molecule has 0 aromatic heterocycles. The summed E-state index contributed by atoms with van der Waals surface area (Å²) in [4.78, 5) is 48.8. The number of Topliss-reactive ketones (excluding diaryl/α,β-unsaturated/α-hetero) is 1. The van der Waals surface area contributed by atoms with Crippen LogP contribution in [-0.4, -0.2) is 47.8 Å². The van der Waals surface area contributed by atoms with Gasteiger partial charge in [-0.15, -0.1) is 0 Å². The molecule has 24 heavy (non-hydrogen) atoms. The lowest BCUT2D eigenvalue weighted by Gasteiger charge is -2.21. The van der Waals surface area contributed by atoms with E-state index in [1.807, 2.05) is 6.92 Å². The molecule has 3 amide bonds. The zero-order valence-corrected chi connectivity index (χ0v) is 13.8. The number of hydrogen-bond donors (Lipinski definition) is 1. The van der Waals surface area contributed by atoms with Crippen molar-refractivity contribution in [3.63, 3.8) is 0 Å². The summed E-state index contributed by atoms with van der Waals surface area (Å²) in [5.41, 5.74) is 1.19. The van der Waals surface area contributed by atoms with Crippen LogP contribution in [0.4, 0.5) is 10.5 Å². The number of cyclic esters (lactones) is 1. The summed E-state index contributed by atoms with van der Waals surface area (Å²) in [6.45, 7) is 4.32. The van der Waals surface area contributed by atoms with Crippen molar-refractivity contribution in [1.29, 1.82) is 0 Å². The number of hydrogen-bond acceptors (Lipinski definition) is 6. The number of ether oxygens (including phenoxy) is 2. The third-order valence-corrected chi connectivity index (χ3v) is 3.56. The second kappa shape index (κ2) is 6.69. The van der Waals surface area contributed by atoms with Crippen LogP contribution in [0.2, 0.25) is 0 Å². The Kier molecular flexibility index (Phi) is 4.87. The maximum Gasteiger partial charge on any atom is 0.418 e. The van der Waals surface area contributed by atoms with E-state index < -0.39 is 35.8 Å². The van der Waals surface area contributed by atoms with E-state index >= 15 is 0 Å². The van der Waals surface area contributed by atoms with Crippen molar-refractivity contribution >= 4 is 29.4 Å². The third-order valence-electron chi connectivity index (χ3n) is 3.56. The van der Waals surface area contributed by atoms with Crippen molar-refractivity contribution in [2.24, 2.45) is 0 Å². The average Bonchev–Trinajstić information content (AvgIpc) is 2.74. The Balaban J connectivity index is 2.31. The topological polar surface area (TPSA) is 102 Å². The molecule has 1 aromatic carbocycles. The Morgan fingerprint density at radius 2 is 2.00 bits per heavy atom. The van der Waals surface area contributed by atoms with E-state index in [-0.39, 0.29) is 0 Å². The van der Waals surface area contributed by atoms with Crippen molar-refractivity contribution in [3.8, 4) is 5.75 Å². The van der Waals surface area contributed by atoms with Gasteiger partial charge < -0.3 is 14.8 Å². The average molecular weight is 334 g/mol. The molecule has 1 heterocycles. The third kappa shape index (κ3) is 3.22. The standard InChI is InChI=1S/C16H18N2O6/c1-8-5-6-12(23-4)11(7-8)17-14(20)13(9(2)19)18-15(21)10(3)24-16(18)22/h5-7,10,13H,1-4H3,(H,17,20). The van der Waals surface area contributed by atoms with Gasteiger partial charge >= 0.3 is 6.09 Å². The van der Waals surface area contributed by atoms with Crippen LogP contribution in [0.1, 0.15) is 19.4 Å². The molecule has 8 nitrogen and oxygen atoms in total. The van der Waals surface area contributed by atoms with Crippen LogP contribution >= 0.6 is 0 Å². The van der Waals surface area contributed by atoms with Crippen LogP contribution in [0.5, 0.6) is 5.75 Å². The summed E-state index contributed by atoms with van der Waals surface area (Å²) in [6, 6.07) is 3.51. The number of carbonyl (C=O) groups is 4. The number of nitrogens with zero attached hydrogens (tertiary/aromatic N) is 1. The van der Waals surface area contributed by atoms with E-state index in [1.165, 1.54) is 14.0 Å². The molecule has 0 spiro atoms. The number of nitrogens with one attached hydrogen (secondary N) is 1. The van der Waals surface area contributed by atoms with Crippen LogP contribution in [0.25, 0.3) is 0 Å². The van der Waals surface area contributed by atoms with E-state index in [4.69, 9.17) is 9.47 Å². The molecule has 1 N–H and O–H groups in total. The number of ketones is 1. The molecule has 2 rings (SSSR count). The lowest BCUT2D eigenvalue weighted by Crippen LogP contribution is -2.51. The van der Waals surface area contributed by atoms with Crippen LogP contribution in [-0.2, 0) is 19.1 Å². The van der Waals surface area contributed by atoms with Crippen molar-refractivity contribution in [1.82, 2.24) is 4.90 Å². The maximum atomic E-state index is 12.5. The first-order valence-electron chi connectivity index (χ1n) is 7.26. The predicted octanol–water partition coefficient (Wildman–Crippen LogP) is 1.27. The highest BCUT2D eigenvalue weighted by atomic mass is 16.6. The highest BCUT2D eigenvalue weighted by Gasteiger charge is 2.47. The van der Waals surface area contributed by atoms with E-state index in [1.54, 1.807) is 18.2 Å². The smallest absolute Gasteiger partial charge is 0.418 e. The lowest BCUT2D eigenvalue weighted by molar-refractivity contribution is -0.140. The van der Waals surface area contributed by atoms with Crippen LogP contribution in [0.3, 0.4) is 0 Å². The van der Waals surface area contributed by atoms with E-state index in [0.29, 0.717) is 16.3 Å². The van der Waals surface area contributed by atoms with Gasteiger partial charge in [0.2, 0.25) is 0 Å². The van der Waals surface area contributed by atoms with Gasteiger partial charge in [-0.2, -0.15) is 0 Å². The van der Waals surface area contributed by atoms with Gasteiger partial charge in [-0.05, 0) is 38.5 Å². The first kappa shape index (κ1) is 17.5. The van der Waals surface area contributed by atoms with Crippen molar-refractivity contribution in [2.75, 3.05) is 12.4 Å². The van der Waals surface area contributed by atoms with Crippen molar-refractivity contribution < 1.29 is 28.7 Å². The fourth-order valence-corrected chi connectivity index (χ4v) is 2.38. The zero-order chi connectivity index (χ0) is 18.0. The van der Waals surface area contributed by atoms with Crippen LogP contribution < -0.4 is 10.1 Å². The molecule has 0 aliphatic carbocycles. The maximum absolute atomic E-state index is 12.5. The molecule has 1 saturated heterocycles. The highest BCUT2D eigenvalue weighted by molar-refractivity contribution is 6.16. The van der Waals surface area contributed by atoms with Gasteiger partial charge in [-0.25, -0.2) is 9.69 Å². The van der Waals surface area contributed by atoms with Gasteiger partial charge in [0.25, 0.3) is 11.8 Å². The van der Waals surface area contributed by atoms with E-state index in [2.05, 4.69) is 5.32 Å². The molecule has 1 aromatic rings. The number of aryl methyl sites for hydroxylation is 1. The number of imide groups is 1. The Bertz CT molecular complexity index is 715. The van der Waals surface area contributed by atoms with Gasteiger partial charge in [0.1, 0.15) is 5.75 Å². The highest BCUT2D eigenvalue weighted by Crippen LogP contribution is 2.26. The first-order valence-corrected chi connectivity index (χ1v) is 7.26. The molecule has 1 aliphatic heterocycles. The normalized spacial score (nSPS) is 18.2. The van der Waals surface area contributed by atoms with Crippen molar-refractivity contribution in [2.45, 2.75) is 32.9 Å². The summed E-state index contributed by atoms with van der Waals surface area (Å²) in [5, 5.41) is 2.53. The molecule has 2 atom stereocenters. The summed E-state index contributed by atoms with van der Waals surface area (Å²) in [6.07, 6.45) is -2.04. The number of methoxy groups -OCH3 is 1. The molecular formula is C16H18N2O6. The first-order chi connectivity index (χ1) is 11.3. The zero-order valence-electron chi connectivity index (χ0n) is 13.8. The fourth-order valence-electron chi connectivity index (χ4n) is 2.38. The molecule has 1 aliphatic rings.